The van der Waals surface area contributed by atoms with Crippen molar-refractivity contribution >= 4 is 34.8 Å². The Balaban J connectivity index is 1.16. The minimum absolute atomic E-state index is 0.00173. The van der Waals surface area contributed by atoms with Crippen LogP contribution in [0.1, 0.15) is 44.2 Å². The number of halogens is 2. The predicted octanol–water partition coefficient (Wildman–Crippen LogP) is 5.28. The van der Waals surface area contributed by atoms with Gasteiger partial charge in [0.25, 0.3) is 0 Å². The molecule has 5 rings (SSSR count). The molecule has 6 nitrogen and oxygen atoms in total. The molecule has 4 heterocycles. The van der Waals surface area contributed by atoms with E-state index in [1.165, 1.54) is 38.8 Å². The Hall–Kier alpha value is -1.60. The molecule has 2 atom stereocenters. The molecule has 8 heteroatoms. The maximum atomic E-state index is 6.38. The van der Waals surface area contributed by atoms with Gasteiger partial charge in [0, 0.05) is 48.9 Å². The summed E-state index contributed by atoms with van der Waals surface area (Å²) in [4.78, 5) is 14.4. The number of hydrogen-bond donors (Lipinski definition) is 1. The van der Waals surface area contributed by atoms with Gasteiger partial charge in [-0.2, -0.15) is 0 Å². The molecule has 0 spiro atoms. The predicted molar refractivity (Wildman–Crippen MR) is 134 cm³/mol. The molecule has 0 aliphatic carbocycles. The number of nitrogens with zero attached hydrogens (tertiary/aromatic N) is 4. The van der Waals surface area contributed by atoms with E-state index in [2.05, 4.69) is 27.0 Å². The first-order chi connectivity index (χ1) is 16.1. The Morgan fingerprint density at radius 3 is 2.67 bits per heavy atom. The fourth-order valence-electron chi connectivity index (χ4n) is 5.53. The van der Waals surface area contributed by atoms with Crippen LogP contribution in [-0.4, -0.2) is 60.3 Å². The van der Waals surface area contributed by atoms with Gasteiger partial charge in [-0.1, -0.05) is 29.3 Å². The van der Waals surface area contributed by atoms with Gasteiger partial charge in [0.1, 0.15) is 11.6 Å². The van der Waals surface area contributed by atoms with E-state index in [1.807, 2.05) is 18.3 Å². The van der Waals surface area contributed by atoms with E-state index in [9.17, 15) is 0 Å². The van der Waals surface area contributed by atoms with Gasteiger partial charge >= 0.3 is 0 Å². The second-order valence-electron chi connectivity index (χ2n) is 9.70. The standard InChI is InChI=1S/C25H33Cl2N5O/c1-17(22-5-4-20(26)11-23(22)27)29-24-12-28-13-25(30-24)32-15-19(16-32)18-3-2-8-31(14-18)21-6-9-33-10-7-21/h4-5,11-13,17-19,21H,2-3,6-10,14-16H2,1H3,(H,29,30)/t17-,18-/m1/s1. The van der Waals surface area contributed by atoms with E-state index in [0.717, 1.165) is 61.4 Å². The first-order valence-corrected chi connectivity index (χ1v) is 12.9. The van der Waals surface area contributed by atoms with E-state index in [0.29, 0.717) is 10.0 Å². The average Bonchev–Trinajstić information content (AvgIpc) is 2.79. The fraction of sp³-hybridized carbons (Fsp3) is 0.600. The molecule has 1 aromatic carbocycles. The molecule has 0 bridgehead atoms. The molecule has 0 radical (unpaired) electrons. The third-order valence-electron chi connectivity index (χ3n) is 7.51. The molecule has 1 N–H and O–H groups in total. The highest BCUT2D eigenvalue weighted by Crippen LogP contribution is 2.35. The first kappa shape index (κ1) is 23.2. The summed E-state index contributed by atoms with van der Waals surface area (Å²) in [7, 11) is 0. The van der Waals surface area contributed by atoms with E-state index in [1.54, 1.807) is 12.3 Å². The maximum absolute atomic E-state index is 6.38. The number of aromatic nitrogens is 2. The minimum Gasteiger partial charge on any atom is -0.381 e. The van der Waals surface area contributed by atoms with Crippen LogP contribution in [-0.2, 0) is 4.74 Å². The van der Waals surface area contributed by atoms with Crippen molar-refractivity contribution in [3.63, 3.8) is 0 Å². The van der Waals surface area contributed by atoms with Crippen LogP contribution in [0.5, 0.6) is 0 Å². The number of likely N-dealkylation sites (tertiary alicyclic amines) is 1. The lowest BCUT2D eigenvalue weighted by atomic mass is 9.80. The molecule has 33 heavy (non-hydrogen) atoms. The fourth-order valence-corrected chi connectivity index (χ4v) is 6.11. The lowest BCUT2D eigenvalue weighted by molar-refractivity contribution is 0.00872. The van der Waals surface area contributed by atoms with Crippen molar-refractivity contribution in [2.24, 2.45) is 11.8 Å². The molecule has 178 valence electrons. The number of hydrogen-bond acceptors (Lipinski definition) is 6. The van der Waals surface area contributed by atoms with Gasteiger partial charge in [0.15, 0.2) is 0 Å². The molecule has 3 aliphatic heterocycles. The summed E-state index contributed by atoms with van der Waals surface area (Å²) < 4.78 is 5.57. The van der Waals surface area contributed by atoms with Crippen molar-refractivity contribution < 1.29 is 4.74 Å². The highest BCUT2D eigenvalue weighted by atomic mass is 35.5. The van der Waals surface area contributed by atoms with Crippen molar-refractivity contribution in [2.75, 3.05) is 49.6 Å². The summed E-state index contributed by atoms with van der Waals surface area (Å²) in [6.45, 7) is 8.56. The average molecular weight is 490 g/mol. The van der Waals surface area contributed by atoms with Crippen molar-refractivity contribution in [3.8, 4) is 0 Å². The highest BCUT2D eigenvalue weighted by molar-refractivity contribution is 6.35. The van der Waals surface area contributed by atoms with Crippen LogP contribution in [0.2, 0.25) is 10.0 Å². The van der Waals surface area contributed by atoms with E-state index in [4.69, 9.17) is 32.9 Å². The van der Waals surface area contributed by atoms with Crippen LogP contribution in [0.15, 0.2) is 30.6 Å². The van der Waals surface area contributed by atoms with Crippen LogP contribution in [0.25, 0.3) is 0 Å². The van der Waals surface area contributed by atoms with Crippen molar-refractivity contribution in [1.29, 1.82) is 0 Å². The highest BCUT2D eigenvalue weighted by Gasteiger charge is 2.38. The molecule has 1 aromatic heterocycles. The van der Waals surface area contributed by atoms with Crippen LogP contribution >= 0.6 is 23.2 Å². The molecule has 3 aliphatic rings. The van der Waals surface area contributed by atoms with Crippen LogP contribution in [0.4, 0.5) is 11.6 Å². The maximum Gasteiger partial charge on any atom is 0.149 e. The van der Waals surface area contributed by atoms with Crippen LogP contribution in [0, 0.1) is 11.8 Å². The van der Waals surface area contributed by atoms with Crippen molar-refractivity contribution in [3.05, 3.63) is 46.2 Å². The number of anilines is 2. The van der Waals surface area contributed by atoms with Gasteiger partial charge in [-0.15, -0.1) is 0 Å². The molecule has 3 saturated heterocycles. The summed E-state index contributed by atoms with van der Waals surface area (Å²) in [5.74, 6) is 3.25. The zero-order chi connectivity index (χ0) is 22.8. The number of nitrogens with one attached hydrogen (secondary N) is 1. The molecule has 2 aromatic rings. The van der Waals surface area contributed by atoms with Gasteiger partial charge in [-0.3, -0.25) is 9.88 Å². The molecular weight excluding hydrogens is 457 g/mol. The summed E-state index contributed by atoms with van der Waals surface area (Å²) in [5.41, 5.74) is 0.990. The Morgan fingerprint density at radius 2 is 1.88 bits per heavy atom. The normalized spacial score (nSPS) is 23.8. The first-order valence-electron chi connectivity index (χ1n) is 12.2. The number of ether oxygens (including phenoxy) is 1. The second kappa shape index (κ2) is 10.3. The Labute approximate surface area is 206 Å². The molecule has 3 fully saturated rings. The largest absolute Gasteiger partial charge is 0.381 e. The van der Waals surface area contributed by atoms with Gasteiger partial charge < -0.3 is 15.0 Å². The minimum atomic E-state index is 0.00173. The number of benzene rings is 1. The molecule has 0 unspecified atom stereocenters. The molecule has 0 saturated carbocycles. The zero-order valence-corrected chi connectivity index (χ0v) is 20.7. The third-order valence-corrected chi connectivity index (χ3v) is 8.07. The monoisotopic (exact) mass is 489 g/mol. The summed E-state index contributed by atoms with van der Waals surface area (Å²) in [6, 6.07) is 6.31. The van der Waals surface area contributed by atoms with Crippen LogP contribution in [0.3, 0.4) is 0 Å². The smallest absolute Gasteiger partial charge is 0.149 e. The Morgan fingerprint density at radius 1 is 1.06 bits per heavy atom. The van der Waals surface area contributed by atoms with Gasteiger partial charge in [0.05, 0.1) is 18.4 Å². The van der Waals surface area contributed by atoms with E-state index in [-0.39, 0.29) is 6.04 Å². The Kier molecular flexibility index (Phi) is 7.26. The van der Waals surface area contributed by atoms with Crippen molar-refractivity contribution in [1.82, 2.24) is 14.9 Å². The zero-order valence-electron chi connectivity index (χ0n) is 19.2. The van der Waals surface area contributed by atoms with Gasteiger partial charge in [-0.25, -0.2) is 4.98 Å². The summed E-state index contributed by atoms with van der Waals surface area (Å²) >= 11 is 12.4. The topological polar surface area (TPSA) is 53.5 Å². The van der Waals surface area contributed by atoms with E-state index >= 15 is 0 Å². The third kappa shape index (κ3) is 5.40. The van der Waals surface area contributed by atoms with Gasteiger partial charge in [-0.05, 0) is 68.7 Å². The Bertz CT molecular complexity index is 948. The van der Waals surface area contributed by atoms with Gasteiger partial charge in [0.2, 0.25) is 0 Å². The second-order valence-corrected chi connectivity index (χ2v) is 10.5. The molecular formula is C25H33Cl2N5O. The van der Waals surface area contributed by atoms with E-state index < -0.39 is 0 Å². The quantitative estimate of drug-likeness (QED) is 0.595. The molecule has 0 amide bonds. The number of rotatable bonds is 6. The summed E-state index contributed by atoms with van der Waals surface area (Å²) in [6.07, 6.45) is 8.70. The SMILES string of the molecule is C[C@@H](Nc1cncc(N2CC([C@@H]3CCCN(C4CCOCC4)C3)C2)n1)c1ccc(Cl)cc1Cl. The summed E-state index contributed by atoms with van der Waals surface area (Å²) in [5, 5.41) is 4.72. The van der Waals surface area contributed by atoms with Crippen LogP contribution < -0.4 is 10.2 Å². The number of piperidine rings is 1. The lowest BCUT2D eigenvalue weighted by Gasteiger charge is -2.48. The lowest BCUT2D eigenvalue weighted by Crippen LogP contribution is -2.55. The van der Waals surface area contributed by atoms with Crippen molar-refractivity contribution in [2.45, 2.75) is 44.7 Å².